The lowest BCUT2D eigenvalue weighted by Crippen LogP contribution is -2.08. The highest BCUT2D eigenvalue weighted by molar-refractivity contribution is 6.11. The van der Waals surface area contributed by atoms with E-state index in [1.54, 1.807) is 13.8 Å². The van der Waals surface area contributed by atoms with Crippen LogP contribution in [0.25, 0.3) is 6.08 Å². The third-order valence-corrected chi connectivity index (χ3v) is 3.98. The lowest BCUT2D eigenvalue weighted by molar-refractivity contribution is 0.0497. The molecular formula is C20H20F2O5. The van der Waals surface area contributed by atoms with Crippen molar-refractivity contribution in [1.82, 2.24) is 0 Å². The number of methoxy groups -OCH3 is 2. The molecule has 0 aliphatic heterocycles. The second-order valence-electron chi connectivity index (χ2n) is 5.75. The number of aromatic hydroxyl groups is 1. The van der Waals surface area contributed by atoms with E-state index in [1.807, 2.05) is 0 Å². The van der Waals surface area contributed by atoms with Gasteiger partial charge in [-0.05, 0) is 44.2 Å². The van der Waals surface area contributed by atoms with Gasteiger partial charge in [0.1, 0.15) is 34.4 Å². The summed E-state index contributed by atoms with van der Waals surface area (Å²) in [4.78, 5) is 12.6. The zero-order valence-electron chi connectivity index (χ0n) is 15.4. The summed E-state index contributed by atoms with van der Waals surface area (Å²) < 4.78 is 42.6. The van der Waals surface area contributed by atoms with Gasteiger partial charge in [0.25, 0.3) is 0 Å². The van der Waals surface area contributed by atoms with Crippen molar-refractivity contribution in [3.8, 4) is 17.2 Å². The second kappa shape index (κ2) is 8.64. The number of rotatable bonds is 7. The molecule has 144 valence electrons. The number of halogens is 2. The van der Waals surface area contributed by atoms with Crippen LogP contribution in [-0.2, 0) is 4.74 Å². The zero-order chi connectivity index (χ0) is 20.1. The number of phenolic OH excluding ortho intramolecular Hbond substituents is 1. The maximum absolute atomic E-state index is 13.7. The van der Waals surface area contributed by atoms with Crippen LogP contribution in [0.3, 0.4) is 0 Å². The smallest absolute Gasteiger partial charge is 0.193 e. The fourth-order valence-corrected chi connectivity index (χ4v) is 2.68. The molecule has 0 spiro atoms. The number of hydrogen-bond donors (Lipinski definition) is 1. The molecule has 0 heterocycles. The van der Waals surface area contributed by atoms with Crippen molar-refractivity contribution in [2.45, 2.75) is 13.8 Å². The Morgan fingerprint density at radius 1 is 1.15 bits per heavy atom. The summed E-state index contributed by atoms with van der Waals surface area (Å²) >= 11 is 0. The Morgan fingerprint density at radius 2 is 1.85 bits per heavy atom. The summed E-state index contributed by atoms with van der Waals surface area (Å²) in [6, 6.07) is 2.91. The van der Waals surface area contributed by atoms with Gasteiger partial charge in [-0.15, -0.1) is 0 Å². The lowest BCUT2D eigenvalue weighted by atomic mass is 9.98. The van der Waals surface area contributed by atoms with Gasteiger partial charge < -0.3 is 19.3 Å². The molecule has 2 aromatic rings. The molecule has 0 radical (unpaired) electrons. The molecule has 1 N–H and O–H groups in total. The van der Waals surface area contributed by atoms with Crippen molar-refractivity contribution in [2.24, 2.45) is 0 Å². The van der Waals surface area contributed by atoms with Crippen molar-refractivity contribution in [2.75, 3.05) is 21.0 Å². The molecule has 0 atom stereocenters. The first-order valence-electron chi connectivity index (χ1n) is 8.01. The molecule has 0 saturated heterocycles. The maximum Gasteiger partial charge on any atom is 0.193 e. The van der Waals surface area contributed by atoms with Crippen molar-refractivity contribution in [3.63, 3.8) is 0 Å². The molecule has 27 heavy (non-hydrogen) atoms. The molecule has 0 amide bonds. The zero-order valence-corrected chi connectivity index (χ0v) is 15.4. The van der Waals surface area contributed by atoms with Crippen LogP contribution < -0.4 is 9.47 Å². The molecule has 0 aromatic heterocycles. The van der Waals surface area contributed by atoms with E-state index in [4.69, 9.17) is 14.2 Å². The molecule has 2 aromatic carbocycles. The summed E-state index contributed by atoms with van der Waals surface area (Å²) in [5.74, 6) is -1.79. The first-order chi connectivity index (χ1) is 12.8. The van der Waals surface area contributed by atoms with E-state index in [1.165, 1.54) is 14.2 Å². The van der Waals surface area contributed by atoms with E-state index in [-0.39, 0.29) is 29.4 Å². The Kier molecular flexibility index (Phi) is 6.52. The van der Waals surface area contributed by atoms with Crippen LogP contribution in [0.5, 0.6) is 17.2 Å². The Labute approximate surface area is 155 Å². The summed E-state index contributed by atoms with van der Waals surface area (Å²) in [5.41, 5.74) is 0.651. The van der Waals surface area contributed by atoms with Gasteiger partial charge in [0, 0.05) is 23.8 Å². The topological polar surface area (TPSA) is 65.0 Å². The fraction of sp³-hybridized carbons (Fsp3) is 0.250. The molecular weight excluding hydrogens is 358 g/mol. The van der Waals surface area contributed by atoms with Gasteiger partial charge in [0.05, 0.1) is 7.11 Å². The van der Waals surface area contributed by atoms with Crippen molar-refractivity contribution in [3.05, 3.63) is 58.2 Å². The molecule has 7 heteroatoms. The number of hydrogen-bond acceptors (Lipinski definition) is 5. The molecule has 0 saturated carbocycles. The number of ketones is 1. The van der Waals surface area contributed by atoms with Crippen LogP contribution in [0.2, 0.25) is 0 Å². The van der Waals surface area contributed by atoms with E-state index in [2.05, 4.69) is 0 Å². The van der Waals surface area contributed by atoms with E-state index in [0.29, 0.717) is 16.9 Å². The maximum atomic E-state index is 13.7. The molecule has 5 nitrogen and oxygen atoms in total. The number of carbonyl (C=O) groups is 1. The summed E-state index contributed by atoms with van der Waals surface area (Å²) in [6.07, 6.45) is 2.18. The van der Waals surface area contributed by atoms with Crippen LogP contribution in [-0.4, -0.2) is 31.9 Å². The van der Waals surface area contributed by atoms with Crippen LogP contribution in [0.15, 0.2) is 24.3 Å². The average molecular weight is 378 g/mol. The molecule has 0 aliphatic carbocycles. The van der Waals surface area contributed by atoms with Gasteiger partial charge in [-0.25, -0.2) is 8.78 Å². The molecule has 2 rings (SSSR count). The number of phenols is 1. The minimum absolute atomic E-state index is 0.0453. The van der Waals surface area contributed by atoms with E-state index >= 15 is 0 Å². The van der Waals surface area contributed by atoms with Gasteiger partial charge >= 0.3 is 0 Å². The van der Waals surface area contributed by atoms with Gasteiger partial charge in [-0.2, -0.15) is 0 Å². The Morgan fingerprint density at radius 3 is 2.48 bits per heavy atom. The summed E-state index contributed by atoms with van der Waals surface area (Å²) in [6.45, 7) is 3.21. The number of benzene rings is 2. The normalized spacial score (nSPS) is 11.0. The third-order valence-electron chi connectivity index (χ3n) is 3.98. The van der Waals surface area contributed by atoms with Crippen molar-refractivity contribution >= 4 is 11.9 Å². The van der Waals surface area contributed by atoms with Crippen LogP contribution in [0, 0.1) is 25.5 Å². The van der Waals surface area contributed by atoms with Crippen LogP contribution >= 0.6 is 0 Å². The minimum atomic E-state index is -0.674. The third kappa shape index (κ3) is 4.25. The van der Waals surface area contributed by atoms with Gasteiger partial charge in [0.2, 0.25) is 0 Å². The molecule has 0 fully saturated rings. The quantitative estimate of drug-likeness (QED) is 0.445. The predicted octanol–water partition coefficient (Wildman–Crippen LogP) is 4.17. The van der Waals surface area contributed by atoms with Gasteiger partial charge in [-0.3, -0.25) is 4.79 Å². The molecule has 0 aliphatic rings. The Hall–Kier alpha value is -2.93. The van der Waals surface area contributed by atoms with Crippen LogP contribution in [0.4, 0.5) is 8.78 Å². The molecule has 0 bridgehead atoms. The molecule has 0 unspecified atom stereocenters. The second-order valence-corrected chi connectivity index (χ2v) is 5.75. The lowest BCUT2D eigenvalue weighted by Gasteiger charge is -2.19. The number of ether oxygens (including phenoxy) is 3. The highest BCUT2D eigenvalue weighted by Gasteiger charge is 2.25. The summed E-state index contributed by atoms with van der Waals surface area (Å²) in [5, 5.41) is 10.5. The van der Waals surface area contributed by atoms with E-state index in [0.717, 1.165) is 30.4 Å². The van der Waals surface area contributed by atoms with E-state index < -0.39 is 17.4 Å². The first kappa shape index (κ1) is 20.4. The fourth-order valence-electron chi connectivity index (χ4n) is 2.68. The minimum Gasteiger partial charge on any atom is -0.507 e. The number of carbonyl (C=O) groups excluding carboxylic acids is 1. The van der Waals surface area contributed by atoms with Gasteiger partial charge in [0.15, 0.2) is 12.6 Å². The van der Waals surface area contributed by atoms with Crippen molar-refractivity contribution < 1.29 is 32.9 Å². The number of allylic oxidation sites excluding steroid dienone is 1. The SMILES string of the molecule is COCOc1c(C)c(O)c(C(=O)C=Cc2cc(F)ccc2F)c(OC)c1C. The monoisotopic (exact) mass is 378 g/mol. The Balaban J connectivity index is 2.49. The average Bonchev–Trinajstić information content (AvgIpc) is 2.64. The summed E-state index contributed by atoms with van der Waals surface area (Å²) in [7, 11) is 2.81. The highest BCUT2D eigenvalue weighted by atomic mass is 19.1. The van der Waals surface area contributed by atoms with E-state index in [9.17, 15) is 18.7 Å². The van der Waals surface area contributed by atoms with Crippen molar-refractivity contribution in [1.29, 1.82) is 0 Å². The predicted molar refractivity (Wildman–Crippen MR) is 96.4 cm³/mol. The largest absolute Gasteiger partial charge is 0.507 e. The Bertz CT molecular complexity index is 891. The highest BCUT2D eigenvalue weighted by Crippen LogP contribution is 2.42. The van der Waals surface area contributed by atoms with Crippen LogP contribution in [0.1, 0.15) is 27.0 Å². The first-order valence-corrected chi connectivity index (χ1v) is 8.01. The standard InChI is InChI=1S/C20H20F2O5/c1-11-18(24)17(20(26-4)12(2)19(11)27-10-25-3)16(23)8-5-13-9-14(21)6-7-15(13)22/h5-9,24H,10H2,1-4H3. The van der Waals surface area contributed by atoms with Gasteiger partial charge in [-0.1, -0.05) is 0 Å².